The molecular formula is C36H43NO4Si. The minimum atomic E-state index is -1.98. The normalized spacial score (nSPS) is 19.5. The Hall–Kier alpha value is -3.56. The molecule has 3 aromatic carbocycles. The van der Waals surface area contributed by atoms with Crippen LogP contribution in [0.4, 0.5) is 0 Å². The van der Waals surface area contributed by atoms with Crippen LogP contribution in [0.5, 0.6) is 11.5 Å². The van der Waals surface area contributed by atoms with Gasteiger partial charge in [0.15, 0.2) is 0 Å². The van der Waals surface area contributed by atoms with Gasteiger partial charge in [-0.15, -0.1) is 0 Å². The maximum atomic E-state index is 12.1. The first-order chi connectivity index (χ1) is 19.8. The van der Waals surface area contributed by atoms with E-state index in [1.165, 1.54) is 5.56 Å². The van der Waals surface area contributed by atoms with Crippen LogP contribution in [-0.4, -0.2) is 20.9 Å². The van der Waals surface area contributed by atoms with Crippen molar-refractivity contribution in [3.63, 3.8) is 0 Å². The average molecular weight is 582 g/mol. The van der Waals surface area contributed by atoms with Crippen LogP contribution in [0.2, 0.25) is 18.1 Å². The molecule has 5 nitrogen and oxygen atoms in total. The molecule has 6 heteroatoms. The summed E-state index contributed by atoms with van der Waals surface area (Å²) in [4.78, 5) is 12.1. The summed E-state index contributed by atoms with van der Waals surface area (Å²) in [6.07, 6.45) is 2.48. The molecule has 0 aliphatic heterocycles. The number of carbonyl (C=O) groups excluding carboxylic acids is 1. The molecule has 0 spiro atoms. The topological polar surface area (TPSA) is 68.5 Å². The highest BCUT2D eigenvalue weighted by Crippen LogP contribution is 2.49. The zero-order valence-corrected chi connectivity index (χ0v) is 27.3. The molecule has 0 aromatic heterocycles. The Morgan fingerprint density at radius 3 is 2.26 bits per heavy atom. The average Bonchev–Trinajstić information content (AvgIpc) is 3.62. The first-order valence-electron chi connectivity index (χ1n) is 15.1. The summed E-state index contributed by atoms with van der Waals surface area (Å²) < 4.78 is 18.3. The number of rotatable bonds is 8. The Balaban J connectivity index is 1.39. The minimum Gasteiger partial charge on any atom is -0.543 e. The van der Waals surface area contributed by atoms with Gasteiger partial charge in [0.1, 0.15) is 17.6 Å². The minimum absolute atomic E-state index is 0.0224. The Bertz CT molecular complexity index is 1520. The monoisotopic (exact) mass is 581 g/mol. The quantitative estimate of drug-likeness (QED) is 0.196. The summed E-state index contributed by atoms with van der Waals surface area (Å²) in [7, 11) is -1.98. The van der Waals surface area contributed by atoms with Crippen molar-refractivity contribution in [3.05, 3.63) is 81.9 Å². The molecule has 0 unspecified atom stereocenters. The molecule has 42 heavy (non-hydrogen) atoms. The molecule has 0 bridgehead atoms. The molecule has 0 amide bonds. The second kappa shape index (κ2) is 11.3. The van der Waals surface area contributed by atoms with E-state index in [0.29, 0.717) is 12.2 Å². The van der Waals surface area contributed by atoms with Gasteiger partial charge in [-0.1, -0.05) is 39.0 Å². The van der Waals surface area contributed by atoms with Crippen LogP contribution < -0.4 is 9.16 Å². The largest absolute Gasteiger partial charge is 0.543 e. The van der Waals surface area contributed by atoms with Gasteiger partial charge < -0.3 is 13.9 Å². The van der Waals surface area contributed by atoms with Gasteiger partial charge in [0.2, 0.25) is 8.32 Å². The predicted octanol–water partition coefficient (Wildman–Crippen LogP) is 8.96. The molecule has 2 aliphatic rings. The SMILES string of the molecule is CCOC(=O)[C@H]1C[C@H]1c1ccc(O[C@@H]2CCc3c2ccc(C#N)c3-c2c(C)cc(O[Si](C)(C)C(C)(C)C)cc2C)cc1. The van der Waals surface area contributed by atoms with Gasteiger partial charge in [-0.25, -0.2) is 0 Å². The fraction of sp³-hybridized carbons (Fsp3) is 0.444. The standard InChI is InChI=1S/C36H43NO4Si/c1-9-39-35(38)31-20-30(31)24-10-13-26(14-11-24)40-32-17-16-29-28(32)15-12-25(21-37)34(29)33-22(2)18-27(19-23(33)3)41-42(7,8)36(4,5)6/h10-15,18-19,30-32H,9,16-17,20H2,1-8H3/t30-,31-,32+/m0/s1. The zero-order valence-electron chi connectivity index (χ0n) is 26.3. The van der Waals surface area contributed by atoms with Gasteiger partial charge in [-0.3, -0.25) is 4.79 Å². The zero-order chi connectivity index (χ0) is 30.4. The smallest absolute Gasteiger partial charge is 0.309 e. The first-order valence-corrected chi connectivity index (χ1v) is 18.0. The van der Waals surface area contributed by atoms with Crippen LogP contribution in [0.3, 0.4) is 0 Å². The van der Waals surface area contributed by atoms with Gasteiger partial charge in [-0.05, 0) is 128 Å². The van der Waals surface area contributed by atoms with Crippen molar-refractivity contribution in [1.82, 2.24) is 0 Å². The van der Waals surface area contributed by atoms with E-state index >= 15 is 0 Å². The summed E-state index contributed by atoms with van der Waals surface area (Å²) in [6, 6.07) is 18.9. The molecular weight excluding hydrogens is 538 g/mol. The van der Waals surface area contributed by atoms with E-state index in [0.717, 1.165) is 64.1 Å². The third kappa shape index (κ3) is 5.72. The van der Waals surface area contributed by atoms with Crippen LogP contribution >= 0.6 is 0 Å². The van der Waals surface area contributed by atoms with E-state index in [2.05, 4.69) is 84.1 Å². The van der Waals surface area contributed by atoms with Crippen LogP contribution in [0, 0.1) is 31.1 Å². The Kier molecular flexibility index (Phi) is 8.02. The molecule has 1 saturated carbocycles. The summed E-state index contributed by atoms with van der Waals surface area (Å²) in [6.45, 7) is 17.8. The number of nitriles is 1. The van der Waals surface area contributed by atoms with Crippen molar-refractivity contribution in [2.75, 3.05) is 6.61 Å². The number of nitrogens with zero attached hydrogens (tertiary/aromatic N) is 1. The second-order valence-corrected chi connectivity index (χ2v) is 18.1. The van der Waals surface area contributed by atoms with Crippen molar-refractivity contribution in [3.8, 4) is 28.7 Å². The van der Waals surface area contributed by atoms with Gasteiger partial charge in [0.05, 0.1) is 24.2 Å². The van der Waals surface area contributed by atoms with E-state index in [-0.39, 0.29) is 28.9 Å². The fourth-order valence-corrected chi connectivity index (χ4v) is 7.04. The number of hydrogen-bond acceptors (Lipinski definition) is 5. The number of hydrogen-bond donors (Lipinski definition) is 0. The highest BCUT2D eigenvalue weighted by molar-refractivity contribution is 6.74. The molecule has 0 heterocycles. The highest BCUT2D eigenvalue weighted by Gasteiger charge is 2.45. The number of carbonyl (C=O) groups is 1. The van der Waals surface area contributed by atoms with Crippen molar-refractivity contribution < 1.29 is 18.7 Å². The third-order valence-corrected chi connectivity index (χ3v) is 13.7. The first kappa shape index (κ1) is 29.9. The summed E-state index contributed by atoms with van der Waals surface area (Å²) >= 11 is 0. The van der Waals surface area contributed by atoms with E-state index in [9.17, 15) is 10.1 Å². The summed E-state index contributed by atoms with van der Waals surface area (Å²) in [5.41, 5.74) is 8.60. The fourth-order valence-electron chi connectivity index (χ4n) is 6.02. The lowest BCUT2D eigenvalue weighted by atomic mass is 9.87. The van der Waals surface area contributed by atoms with E-state index in [4.69, 9.17) is 13.9 Å². The van der Waals surface area contributed by atoms with Gasteiger partial charge in [-0.2, -0.15) is 5.26 Å². The highest BCUT2D eigenvalue weighted by atomic mass is 28.4. The number of aryl methyl sites for hydroxylation is 2. The number of esters is 1. The molecule has 2 aliphatic carbocycles. The molecule has 5 rings (SSSR count). The predicted molar refractivity (Wildman–Crippen MR) is 170 cm³/mol. The van der Waals surface area contributed by atoms with Crippen LogP contribution in [-0.2, 0) is 16.0 Å². The number of ether oxygens (including phenoxy) is 2. The Morgan fingerprint density at radius 1 is 1.00 bits per heavy atom. The molecule has 0 N–H and O–H groups in total. The van der Waals surface area contributed by atoms with E-state index in [1.54, 1.807) is 0 Å². The lowest BCUT2D eigenvalue weighted by Crippen LogP contribution is -2.43. The second-order valence-electron chi connectivity index (χ2n) is 13.4. The van der Waals surface area contributed by atoms with E-state index in [1.807, 2.05) is 25.1 Å². The van der Waals surface area contributed by atoms with E-state index < -0.39 is 8.32 Å². The molecule has 0 radical (unpaired) electrons. The Labute approximate surface area is 252 Å². The molecule has 3 aromatic rings. The molecule has 220 valence electrons. The lowest BCUT2D eigenvalue weighted by Gasteiger charge is -2.36. The van der Waals surface area contributed by atoms with Crippen LogP contribution in [0.15, 0.2) is 48.5 Å². The molecule has 3 atom stereocenters. The van der Waals surface area contributed by atoms with Gasteiger partial charge >= 0.3 is 5.97 Å². The van der Waals surface area contributed by atoms with Crippen LogP contribution in [0.1, 0.15) is 85.9 Å². The Morgan fingerprint density at radius 2 is 1.67 bits per heavy atom. The van der Waals surface area contributed by atoms with Crippen LogP contribution in [0.25, 0.3) is 11.1 Å². The van der Waals surface area contributed by atoms with Crippen molar-refractivity contribution in [2.24, 2.45) is 5.92 Å². The van der Waals surface area contributed by atoms with Crippen molar-refractivity contribution >= 4 is 14.3 Å². The van der Waals surface area contributed by atoms with Gasteiger partial charge in [0, 0.05) is 5.56 Å². The summed E-state index contributed by atoms with van der Waals surface area (Å²) in [5.74, 6) is 1.85. The lowest BCUT2D eigenvalue weighted by molar-refractivity contribution is -0.144. The number of benzene rings is 3. The van der Waals surface area contributed by atoms with Gasteiger partial charge in [0.25, 0.3) is 0 Å². The number of fused-ring (bicyclic) bond motifs is 1. The third-order valence-electron chi connectivity index (χ3n) is 9.37. The van der Waals surface area contributed by atoms with Crippen molar-refractivity contribution in [1.29, 1.82) is 5.26 Å². The molecule has 1 fully saturated rings. The maximum Gasteiger partial charge on any atom is 0.309 e. The maximum absolute atomic E-state index is 12.1. The molecule has 0 saturated heterocycles. The summed E-state index contributed by atoms with van der Waals surface area (Å²) in [5, 5.41) is 10.2. The van der Waals surface area contributed by atoms with Crippen molar-refractivity contribution in [2.45, 2.75) is 91.0 Å².